The van der Waals surface area contributed by atoms with Crippen LogP contribution in [0.15, 0.2) is 31.1 Å². The fourth-order valence-corrected chi connectivity index (χ4v) is 3.29. The summed E-state index contributed by atoms with van der Waals surface area (Å²) in [5.41, 5.74) is 3.86. The Labute approximate surface area is 126 Å². The van der Waals surface area contributed by atoms with Gasteiger partial charge in [0.25, 0.3) is 0 Å². The zero-order valence-electron chi connectivity index (χ0n) is 13.0. The van der Waals surface area contributed by atoms with E-state index in [0.29, 0.717) is 6.04 Å². The molecule has 0 bridgehead atoms. The van der Waals surface area contributed by atoms with E-state index in [0.717, 1.165) is 25.3 Å². The summed E-state index contributed by atoms with van der Waals surface area (Å²) in [6.07, 6.45) is 8.46. The molecule has 3 rings (SSSR count). The maximum atomic E-state index is 4.47. The van der Waals surface area contributed by atoms with Gasteiger partial charge < -0.3 is 4.57 Å². The van der Waals surface area contributed by atoms with Crippen LogP contribution in [0.3, 0.4) is 0 Å². The number of rotatable bonds is 5. The molecule has 0 radical (unpaired) electrons. The Morgan fingerprint density at radius 1 is 1.43 bits per heavy atom. The molecule has 0 saturated carbocycles. The van der Waals surface area contributed by atoms with Gasteiger partial charge in [-0.2, -0.15) is 5.10 Å². The standard InChI is InChI=1S/C17H24N4/c1-4-7-16-17-8-6-9-19(17)10-11-20(16)12-15-13-21(5-2)18-14(15)3/h5-6,8-9,13,16H,2,4,7,10-12H2,1,3H3. The number of fused-ring (bicyclic) bond motifs is 1. The maximum Gasteiger partial charge on any atom is 0.0642 e. The molecular weight excluding hydrogens is 260 g/mol. The van der Waals surface area contributed by atoms with Gasteiger partial charge in [0.1, 0.15) is 0 Å². The van der Waals surface area contributed by atoms with E-state index in [1.54, 1.807) is 6.20 Å². The first-order valence-electron chi connectivity index (χ1n) is 7.79. The van der Waals surface area contributed by atoms with Crippen LogP contribution in [0, 0.1) is 6.92 Å². The van der Waals surface area contributed by atoms with Gasteiger partial charge in [-0.3, -0.25) is 4.90 Å². The van der Waals surface area contributed by atoms with Crippen LogP contribution in [-0.2, 0) is 13.1 Å². The molecule has 0 spiro atoms. The molecule has 1 unspecified atom stereocenters. The minimum atomic E-state index is 0.519. The second kappa shape index (κ2) is 5.90. The molecule has 1 aliphatic rings. The van der Waals surface area contributed by atoms with E-state index >= 15 is 0 Å². The lowest BCUT2D eigenvalue weighted by molar-refractivity contribution is 0.139. The van der Waals surface area contributed by atoms with Crippen molar-refractivity contribution in [3.8, 4) is 0 Å². The Bertz CT molecular complexity index is 623. The Balaban J connectivity index is 1.84. The average Bonchev–Trinajstić information content (AvgIpc) is 3.08. The molecule has 0 aromatic carbocycles. The largest absolute Gasteiger partial charge is 0.349 e. The second-order valence-corrected chi connectivity index (χ2v) is 5.80. The van der Waals surface area contributed by atoms with Gasteiger partial charge in [-0.1, -0.05) is 19.9 Å². The topological polar surface area (TPSA) is 26.0 Å². The monoisotopic (exact) mass is 284 g/mol. The highest BCUT2D eigenvalue weighted by Crippen LogP contribution is 2.31. The molecule has 0 amide bonds. The minimum absolute atomic E-state index is 0.519. The van der Waals surface area contributed by atoms with Gasteiger partial charge >= 0.3 is 0 Å². The van der Waals surface area contributed by atoms with E-state index in [9.17, 15) is 0 Å². The van der Waals surface area contributed by atoms with Crippen LogP contribution in [0.2, 0.25) is 0 Å². The SMILES string of the molecule is C=Cn1cc(CN2CCn3cccc3C2CCC)c(C)n1. The van der Waals surface area contributed by atoms with Crippen LogP contribution < -0.4 is 0 Å². The molecule has 4 heteroatoms. The van der Waals surface area contributed by atoms with Crippen molar-refractivity contribution >= 4 is 6.20 Å². The van der Waals surface area contributed by atoms with E-state index in [-0.39, 0.29) is 0 Å². The maximum absolute atomic E-state index is 4.47. The fraction of sp³-hybridized carbons (Fsp3) is 0.471. The van der Waals surface area contributed by atoms with Gasteiger partial charge in [0.2, 0.25) is 0 Å². The third kappa shape index (κ3) is 2.68. The predicted octanol–water partition coefficient (Wildman–Crippen LogP) is 3.45. The molecule has 2 aromatic rings. The first-order chi connectivity index (χ1) is 10.2. The van der Waals surface area contributed by atoms with E-state index in [4.69, 9.17) is 0 Å². The molecule has 21 heavy (non-hydrogen) atoms. The van der Waals surface area contributed by atoms with Crippen LogP contribution >= 0.6 is 0 Å². The van der Waals surface area contributed by atoms with Crippen LogP contribution in [0.4, 0.5) is 0 Å². The Hall–Kier alpha value is -1.81. The molecule has 4 nitrogen and oxygen atoms in total. The van der Waals surface area contributed by atoms with Crippen LogP contribution in [0.5, 0.6) is 0 Å². The van der Waals surface area contributed by atoms with Crippen LogP contribution in [-0.4, -0.2) is 25.8 Å². The molecule has 0 saturated heterocycles. The lowest BCUT2D eigenvalue weighted by atomic mass is 10.0. The smallest absolute Gasteiger partial charge is 0.0642 e. The second-order valence-electron chi connectivity index (χ2n) is 5.80. The number of hydrogen-bond donors (Lipinski definition) is 0. The number of aryl methyl sites for hydroxylation is 1. The third-order valence-corrected chi connectivity index (χ3v) is 4.42. The molecule has 0 aliphatic carbocycles. The van der Waals surface area contributed by atoms with Crippen molar-refractivity contribution in [3.63, 3.8) is 0 Å². The molecule has 0 N–H and O–H groups in total. The lowest BCUT2D eigenvalue weighted by Gasteiger charge is -2.37. The van der Waals surface area contributed by atoms with E-state index in [2.05, 4.69) is 59.5 Å². The highest BCUT2D eigenvalue weighted by molar-refractivity contribution is 5.24. The van der Waals surface area contributed by atoms with Crippen molar-refractivity contribution in [3.05, 3.63) is 48.1 Å². The van der Waals surface area contributed by atoms with Crippen molar-refractivity contribution < 1.29 is 0 Å². The van der Waals surface area contributed by atoms with Crippen molar-refractivity contribution in [1.82, 2.24) is 19.2 Å². The van der Waals surface area contributed by atoms with Gasteiger partial charge in [0.15, 0.2) is 0 Å². The Kier molecular flexibility index (Phi) is 3.97. The van der Waals surface area contributed by atoms with Gasteiger partial charge in [0, 0.05) is 49.5 Å². The quantitative estimate of drug-likeness (QED) is 0.840. The number of nitrogens with zero attached hydrogens (tertiary/aromatic N) is 4. The molecule has 112 valence electrons. The summed E-state index contributed by atoms with van der Waals surface area (Å²) in [6, 6.07) is 4.96. The molecular formula is C17H24N4. The summed E-state index contributed by atoms with van der Waals surface area (Å²) in [6.45, 7) is 11.3. The summed E-state index contributed by atoms with van der Waals surface area (Å²) in [5.74, 6) is 0. The molecule has 3 heterocycles. The van der Waals surface area contributed by atoms with E-state index in [1.165, 1.54) is 24.1 Å². The van der Waals surface area contributed by atoms with Crippen molar-refractivity contribution in [1.29, 1.82) is 0 Å². The zero-order valence-corrected chi connectivity index (χ0v) is 13.0. The highest BCUT2D eigenvalue weighted by atomic mass is 15.3. The Morgan fingerprint density at radius 3 is 3.00 bits per heavy atom. The molecule has 1 aliphatic heterocycles. The summed E-state index contributed by atoms with van der Waals surface area (Å²) < 4.78 is 4.21. The highest BCUT2D eigenvalue weighted by Gasteiger charge is 2.27. The summed E-state index contributed by atoms with van der Waals surface area (Å²) in [5, 5.41) is 4.47. The van der Waals surface area contributed by atoms with Gasteiger partial charge in [-0.15, -0.1) is 0 Å². The normalized spacial score (nSPS) is 18.7. The van der Waals surface area contributed by atoms with Crippen molar-refractivity contribution in [2.75, 3.05) is 6.54 Å². The van der Waals surface area contributed by atoms with Crippen LogP contribution in [0.25, 0.3) is 6.20 Å². The van der Waals surface area contributed by atoms with Crippen molar-refractivity contribution in [2.45, 2.75) is 45.8 Å². The molecule has 2 aromatic heterocycles. The average molecular weight is 284 g/mol. The van der Waals surface area contributed by atoms with Gasteiger partial charge in [0.05, 0.1) is 11.7 Å². The molecule has 1 atom stereocenters. The first kappa shape index (κ1) is 14.1. The summed E-state index contributed by atoms with van der Waals surface area (Å²) in [7, 11) is 0. The zero-order chi connectivity index (χ0) is 14.8. The van der Waals surface area contributed by atoms with Crippen LogP contribution in [0.1, 0.15) is 42.8 Å². The van der Waals surface area contributed by atoms with Gasteiger partial charge in [-0.25, -0.2) is 4.68 Å². The van der Waals surface area contributed by atoms with Crippen molar-refractivity contribution in [2.24, 2.45) is 0 Å². The first-order valence-corrected chi connectivity index (χ1v) is 7.79. The molecule has 0 fully saturated rings. The number of hydrogen-bond acceptors (Lipinski definition) is 2. The predicted molar refractivity (Wildman–Crippen MR) is 85.8 cm³/mol. The number of aromatic nitrogens is 3. The lowest BCUT2D eigenvalue weighted by Crippen LogP contribution is -2.37. The Morgan fingerprint density at radius 2 is 2.29 bits per heavy atom. The van der Waals surface area contributed by atoms with E-state index in [1.807, 2.05) is 4.68 Å². The summed E-state index contributed by atoms with van der Waals surface area (Å²) in [4.78, 5) is 2.59. The van der Waals surface area contributed by atoms with Gasteiger partial charge in [-0.05, 0) is 25.5 Å². The third-order valence-electron chi connectivity index (χ3n) is 4.42. The summed E-state index contributed by atoms with van der Waals surface area (Å²) >= 11 is 0. The fourth-order valence-electron chi connectivity index (χ4n) is 3.29. The minimum Gasteiger partial charge on any atom is -0.349 e. The van der Waals surface area contributed by atoms with E-state index < -0.39 is 0 Å².